The van der Waals surface area contributed by atoms with Crippen LogP contribution < -0.4 is 9.47 Å². The molecule has 0 N–H and O–H groups in total. The number of piperidine rings is 1. The molecule has 0 radical (unpaired) electrons. The lowest BCUT2D eigenvalue weighted by Crippen LogP contribution is -2.48. The van der Waals surface area contributed by atoms with Crippen molar-refractivity contribution in [1.29, 1.82) is 0 Å². The Morgan fingerprint density at radius 3 is 1.44 bits per heavy atom. The average molecular weight is 364 g/mol. The predicted octanol–water partition coefficient (Wildman–Crippen LogP) is 3.83. The SMILES string of the molecule is COc1ccc(C=C2C[N+](C)(C)CC(=Cc3ccc(OC)cc3)C2=O)cc1. The van der Waals surface area contributed by atoms with Crippen LogP contribution in [0.5, 0.6) is 11.5 Å². The highest BCUT2D eigenvalue weighted by molar-refractivity contribution is 6.14. The molecule has 1 fully saturated rings. The van der Waals surface area contributed by atoms with Gasteiger partial charge in [0.2, 0.25) is 0 Å². The summed E-state index contributed by atoms with van der Waals surface area (Å²) in [5, 5.41) is 0. The Labute approximate surface area is 160 Å². The van der Waals surface area contributed by atoms with E-state index >= 15 is 0 Å². The lowest BCUT2D eigenvalue weighted by atomic mass is 9.93. The van der Waals surface area contributed by atoms with Crippen LogP contribution in [0.3, 0.4) is 0 Å². The molecule has 0 spiro atoms. The van der Waals surface area contributed by atoms with Gasteiger partial charge in [0, 0.05) is 0 Å². The molecule has 0 aliphatic carbocycles. The maximum atomic E-state index is 13.1. The van der Waals surface area contributed by atoms with Crippen LogP contribution in [0.25, 0.3) is 12.2 Å². The second-order valence-corrected chi connectivity index (χ2v) is 7.47. The van der Waals surface area contributed by atoms with E-state index in [0.29, 0.717) is 13.1 Å². The molecule has 1 saturated heterocycles. The van der Waals surface area contributed by atoms with E-state index in [1.54, 1.807) is 14.2 Å². The van der Waals surface area contributed by atoms with Crippen molar-refractivity contribution < 1.29 is 18.8 Å². The third kappa shape index (κ3) is 4.66. The van der Waals surface area contributed by atoms with Gasteiger partial charge in [0.05, 0.1) is 39.5 Å². The molecule has 0 saturated carbocycles. The number of carbonyl (C=O) groups is 1. The summed E-state index contributed by atoms with van der Waals surface area (Å²) in [6.07, 6.45) is 3.98. The lowest BCUT2D eigenvalue weighted by Gasteiger charge is -2.35. The van der Waals surface area contributed by atoms with E-state index in [4.69, 9.17) is 9.47 Å². The number of ketones is 1. The van der Waals surface area contributed by atoms with E-state index in [1.165, 1.54) is 0 Å². The van der Waals surface area contributed by atoms with E-state index < -0.39 is 0 Å². The van der Waals surface area contributed by atoms with Gasteiger partial charge in [-0.3, -0.25) is 4.79 Å². The fourth-order valence-corrected chi connectivity index (χ4v) is 3.35. The average Bonchev–Trinajstić information content (AvgIpc) is 2.66. The van der Waals surface area contributed by atoms with Crippen LogP contribution in [0, 0.1) is 0 Å². The normalized spacial score (nSPS) is 19.3. The summed E-state index contributed by atoms with van der Waals surface area (Å²) in [6.45, 7) is 1.43. The second kappa shape index (κ2) is 7.80. The number of hydrogen-bond acceptors (Lipinski definition) is 3. The molecule has 27 heavy (non-hydrogen) atoms. The standard InChI is InChI=1S/C23H26NO3/c1-24(2)15-19(13-17-5-9-21(26-3)10-6-17)23(25)20(16-24)14-18-7-11-22(27-4)12-8-18/h5-14H,15-16H2,1-4H3/q+1. The number of rotatable bonds is 4. The van der Waals surface area contributed by atoms with E-state index in [1.807, 2.05) is 60.7 Å². The van der Waals surface area contributed by atoms with Crippen LogP contribution in [0.15, 0.2) is 59.7 Å². The molecule has 140 valence electrons. The first-order valence-corrected chi connectivity index (χ1v) is 8.96. The predicted molar refractivity (Wildman–Crippen MR) is 109 cm³/mol. The summed E-state index contributed by atoms with van der Waals surface area (Å²) < 4.78 is 11.2. The molecule has 0 atom stereocenters. The Balaban J connectivity index is 1.92. The number of ether oxygens (including phenoxy) is 2. The van der Waals surface area contributed by atoms with Crippen LogP contribution in [0.1, 0.15) is 11.1 Å². The fraction of sp³-hybridized carbons (Fsp3) is 0.261. The van der Waals surface area contributed by atoms with Crippen LogP contribution in [0.2, 0.25) is 0 Å². The quantitative estimate of drug-likeness (QED) is 0.611. The van der Waals surface area contributed by atoms with Crippen LogP contribution in [-0.4, -0.2) is 51.7 Å². The maximum absolute atomic E-state index is 13.1. The van der Waals surface area contributed by atoms with Gasteiger partial charge in [-0.25, -0.2) is 0 Å². The van der Waals surface area contributed by atoms with Crippen LogP contribution >= 0.6 is 0 Å². The highest BCUT2D eigenvalue weighted by Crippen LogP contribution is 2.25. The Bertz CT molecular complexity index is 803. The van der Waals surface area contributed by atoms with Crippen LogP contribution in [-0.2, 0) is 4.79 Å². The van der Waals surface area contributed by atoms with E-state index in [9.17, 15) is 4.79 Å². The smallest absolute Gasteiger partial charge is 0.196 e. The summed E-state index contributed by atoms with van der Waals surface area (Å²) >= 11 is 0. The molecule has 2 aromatic carbocycles. The molecular formula is C23H26NO3+. The van der Waals surface area contributed by atoms with Gasteiger partial charge in [-0.2, -0.15) is 0 Å². The van der Waals surface area contributed by atoms with E-state index in [-0.39, 0.29) is 5.78 Å². The summed E-state index contributed by atoms with van der Waals surface area (Å²) in [5.41, 5.74) is 3.67. The second-order valence-electron chi connectivity index (χ2n) is 7.47. The number of methoxy groups -OCH3 is 2. The summed E-state index contributed by atoms with van der Waals surface area (Å²) in [6, 6.07) is 15.5. The summed E-state index contributed by atoms with van der Waals surface area (Å²) in [7, 11) is 7.59. The topological polar surface area (TPSA) is 35.5 Å². The van der Waals surface area contributed by atoms with Gasteiger partial charge in [0.1, 0.15) is 24.6 Å². The van der Waals surface area contributed by atoms with Gasteiger partial charge in [-0.15, -0.1) is 0 Å². The summed E-state index contributed by atoms with van der Waals surface area (Å²) in [5.74, 6) is 1.74. The van der Waals surface area contributed by atoms with Crippen LogP contribution in [0.4, 0.5) is 0 Å². The Kier molecular flexibility index (Phi) is 5.47. The molecular weight excluding hydrogens is 338 g/mol. The van der Waals surface area contributed by atoms with Crippen molar-refractivity contribution in [1.82, 2.24) is 0 Å². The molecule has 0 unspecified atom stereocenters. The van der Waals surface area contributed by atoms with Gasteiger partial charge >= 0.3 is 0 Å². The molecule has 2 aromatic rings. The Hall–Kier alpha value is -2.85. The number of likely N-dealkylation sites (tertiary alicyclic amines) is 1. The Morgan fingerprint density at radius 2 is 1.11 bits per heavy atom. The van der Waals surface area contributed by atoms with Crippen molar-refractivity contribution in [2.45, 2.75) is 0 Å². The number of benzene rings is 2. The number of Topliss-reactive ketones (excluding diaryl/α,β-unsaturated/α-hetero) is 1. The van der Waals surface area contributed by atoms with Gasteiger partial charge in [0.15, 0.2) is 5.78 Å². The first-order chi connectivity index (χ1) is 12.9. The molecule has 4 heteroatoms. The largest absolute Gasteiger partial charge is 0.497 e. The minimum atomic E-state index is 0.124. The first kappa shape index (κ1) is 18.9. The molecule has 1 heterocycles. The minimum Gasteiger partial charge on any atom is -0.497 e. The van der Waals surface area contributed by atoms with Crippen molar-refractivity contribution in [3.8, 4) is 11.5 Å². The number of quaternary nitrogens is 1. The van der Waals surface area contributed by atoms with Crippen molar-refractivity contribution in [3.63, 3.8) is 0 Å². The highest BCUT2D eigenvalue weighted by Gasteiger charge is 2.33. The van der Waals surface area contributed by atoms with Gasteiger partial charge in [-0.05, 0) is 47.5 Å². The Morgan fingerprint density at radius 1 is 0.741 bits per heavy atom. The molecule has 3 rings (SSSR count). The number of likely N-dealkylation sites (N-methyl/N-ethyl adjacent to an activating group) is 1. The molecule has 1 aliphatic heterocycles. The lowest BCUT2D eigenvalue weighted by molar-refractivity contribution is -0.881. The van der Waals surface area contributed by atoms with Crippen molar-refractivity contribution in [2.24, 2.45) is 0 Å². The number of hydrogen-bond donors (Lipinski definition) is 0. The van der Waals surface area contributed by atoms with E-state index in [2.05, 4.69) is 14.1 Å². The number of carbonyl (C=O) groups excluding carboxylic acids is 1. The van der Waals surface area contributed by atoms with Crippen molar-refractivity contribution in [3.05, 3.63) is 70.8 Å². The maximum Gasteiger partial charge on any atom is 0.196 e. The molecule has 0 bridgehead atoms. The fourth-order valence-electron chi connectivity index (χ4n) is 3.35. The molecule has 4 nitrogen and oxygen atoms in total. The molecule has 0 aromatic heterocycles. The third-order valence-corrected chi connectivity index (χ3v) is 4.69. The van der Waals surface area contributed by atoms with Gasteiger partial charge < -0.3 is 14.0 Å². The zero-order chi connectivity index (χ0) is 19.4. The zero-order valence-electron chi connectivity index (χ0n) is 16.4. The molecule has 0 amide bonds. The number of nitrogens with zero attached hydrogens (tertiary/aromatic N) is 1. The van der Waals surface area contributed by atoms with E-state index in [0.717, 1.165) is 38.3 Å². The first-order valence-electron chi connectivity index (χ1n) is 8.96. The van der Waals surface area contributed by atoms with Crippen molar-refractivity contribution in [2.75, 3.05) is 41.4 Å². The van der Waals surface area contributed by atoms with Crippen molar-refractivity contribution >= 4 is 17.9 Å². The zero-order valence-corrected chi connectivity index (χ0v) is 16.4. The monoisotopic (exact) mass is 364 g/mol. The third-order valence-electron chi connectivity index (χ3n) is 4.69. The summed E-state index contributed by atoms with van der Waals surface area (Å²) in [4.78, 5) is 13.1. The highest BCUT2D eigenvalue weighted by atomic mass is 16.5. The van der Waals surface area contributed by atoms with Gasteiger partial charge in [-0.1, -0.05) is 24.3 Å². The molecule has 1 aliphatic rings. The van der Waals surface area contributed by atoms with Gasteiger partial charge in [0.25, 0.3) is 0 Å². The minimum absolute atomic E-state index is 0.124.